The number of nitrogens with one attached hydrogen (secondary N) is 1. The lowest BCUT2D eigenvalue weighted by molar-refractivity contribution is -0.122. The molecular formula is C17H15Cl2NO4. The number of halogens is 2. The van der Waals surface area contributed by atoms with E-state index in [4.69, 9.17) is 27.9 Å². The molecule has 0 bridgehead atoms. The molecule has 0 aliphatic heterocycles. The normalized spacial score (nSPS) is 11.5. The van der Waals surface area contributed by atoms with Crippen LogP contribution in [0, 0.1) is 0 Å². The van der Waals surface area contributed by atoms with Crippen LogP contribution < -0.4 is 10.1 Å². The van der Waals surface area contributed by atoms with Crippen LogP contribution in [-0.2, 0) is 9.53 Å². The molecule has 0 aliphatic rings. The van der Waals surface area contributed by atoms with E-state index in [-0.39, 0.29) is 10.9 Å². The van der Waals surface area contributed by atoms with Crippen LogP contribution in [0.5, 0.6) is 5.75 Å². The molecule has 1 atom stereocenters. The zero-order chi connectivity index (χ0) is 17.7. The van der Waals surface area contributed by atoms with Gasteiger partial charge in [0.2, 0.25) is 0 Å². The molecule has 7 heteroatoms. The van der Waals surface area contributed by atoms with E-state index < -0.39 is 12.1 Å². The fourth-order valence-electron chi connectivity index (χ4n) is 1.87. The molecule has 1 N–H and O–H groups in total. The molecule has 5 nitrogen and oxygen atoms in total. The maximum absolute atomic E-state index is 12.2. The third-order valence-electron chi connectivity index (χ3n) is 3.16. The highest BCUT2D eigenvalue weighted by molar-refractivity contribution is 6.42. The number of ether oxygens (including phenoxy) is 2. The second kappa shape index (κ2) is 8.04. The Morgan fingerprint density at radius 1 is 1.08 bits per heavy atom. The van der Waals surface area contributed by atoms with Crippen molar-refractivity contribution in [2.24, 2.45) is 0 Å². The van der Waals surface area contributed by atoms with Crippen molar-refractivity contribution in [2.45, 2.75) is 13.0 Å². The van der Waals surface area contributed by atoms with Gasteiger partial charge >= 0.3 is 5.97 Å². The third-order valence-corrected chi connectivity index (χ3v) is 3.96. The Kier molecular flexibility index (Phi) is 6.06. The van der Waals surface area contributed by atoms with Crippen LogP contribution in [-0.4, -0.2) is 25.1 Å². The van der Waals surface area contributed by atoms with Gasteiger partial charge in [-0.15, -0.1) is 0 Å². The second-order valence-electron chi connectivity index (χ2n) is 4.87. The maximum Gasteiger partial charge on any atom is 0.337 e. The fraction of sp³-hybridized carbons (Fsp3) is 0.176. The molecule has 0 saturated carbocycles. The summed E-state index contributed by atoms with van der Waals surface area (Å²) in [7, 11) is 1.30. The molecule has 0 aromatic heterocycles. The van der Waals surface area contributed by atoms with Crippen LogP contribution in [0.4, 0.5) is 5.69 Å². The molecule has 24 heavy (non-hydrogen) atoms. The van der Waals surface area contributed by atoms with Crippen LogP contribution >= 0.6 is 23.2 Å². The number of methoxy groups -OCH3 is 1. The standard InChI is InChI=1S/C17H15Cl2NO4/c1-10(24-14-5-3-4-13(18)15(14)19)16(21)20-12-8-6-11(7-9-12)17(22)23-2/h3-10H,1-2H3,(H,20,21). The van der Waals surface area contributed by atoms with E-state index in [9.17, 15) is 9.59 Å². The maximum atomic E-state index is 12.2. The van der Waals surface area contributed by atoms with Crippen molar-refractivity contribution in [3.05, 3.63) is 58.1 Å². The summed E-state index contributed by atoms with van der Waals surface area (Å²) in [5.41, 5.74) is 0.922. The number of carbonyl (C=O) groups excluding carboxylic acids is 2. The molecule has 0 heterocycles. The van der Waals surface area contributed by atoms with Crippen molar-refractivity contribution >= 4 is 40.8 Å². The van der Waals surface area contributed by atoms with Crippen LogP contribution in [0.15, 0.2) is 42.5 Å². The predicted octanol–water partition coefficient (Wildman–Crippen LogP) is 4.19. The molecule has 0 spiro atoms. The average Bonchev–Trinajstić information content (AvgIpc) is 2.58. The molecule has 2 aromatic rings. The molecule has 0 aliphatic carbocycles. The van der Waals surface area contributed by atoms with E-state index in [0.717, 1.165) is 0 Å². The smallest absolute Gasteiger partial charge is 0.337 e. The van der Waals surface area contributed by atoms with Gasteiger partial charge in [-0.25, -0.2) is 4.79 Å². The molecular weight excluding hydrogens is 353 g/mol. The van der Waals surface area contributed by atoms with Gasteiger partial charge in [0.05, 0.1) is 17.7 Å². The average molecular weight is 368 g/mol. The lowest BCUT2D eigenvalue weighted by atomic mass is 10.2. The topological polar surface area (TPSA) is 64.6 Å². The number of amides is 1. The first kappa shape index (κ1) is 18.1. The second-order valence-corrected chi connectivity index (χ2v) is 5.66. The van der Waals surface area contributed by atoms with Crippen molar-refractivity contribution < 1.29 is 19.1 Å². The summed E-state index contributed by atoms with van der Waals surface area (Å²) >= 11 is 11.9. The first-order chi connectivity index (χ1) is 11.4. The third kappa shape index (κ3) is 4.40. The van der Waals surface area contributed by atoms with Gasteiger partial charge in [0, 0.05) is 5.69 Å². The van der Waals surface area contributed by atoms with Gasteiger partial charge in [0.1, 0.15) is 10.8 Å². The highest BCUT2D eigenvalue weighted by atomic mass is 35.5. The molecule has 126 valence electrons. The van der Waals surface area contributed by atoms with Gasteiger partial charge in [-0.3, -0.25) is 4.79 Å². The monoisotopic (exact) mass is 367 g/mol. The quantitative estimate of drug-likeness (QED) is 0.804. The molecule has 2 rings (SSSR count). The van der Waals surface area contributed by atoms with Crippen LogP contribution in [0.25, 0.3) is 0 Å². The van der Waals surface area contributed by atoms with Crippen molar-refractivity contribution in [3.63, 3.8) is 0 Å². The molecule has 1 unspecified atom stereocenters. The van der Waals surface area contributed by atoms with Gasteiger partial charge in [0.25, 0.3) is 5.91 Å². The number of hydrogen-bond donors (Lipinski definition) is 1. The summed E-state index contributed by atoms with van der Waals surface area (Å²) in [4.78, 5) is 23.5. The fourth-order valence-corrected chi connectivity index (χ4v) is 2.21. The lowest BCUT2D eigenvalue weighted by Gasteiger charge is -2.16. The molecule has 2 aromatic carbocycles. The minimum atomic E-state index is -0.791. The SMILES string of the molecule is COC(=O)c1ccc(NC(=O)C(C)Oc2cccc(Cl)c2Cl)cc1. The van der Waals surface area contributed by atoms with Crippen LogP contribution in [0.1, 0.15) is 17.3 Å². The molecule has 0 saturated heterocycles. The summed E-state index contributed by atoms with van der Waals surface area (Å²) in [5.74, 6) is -0.482. The van der Waals surface area contributed by atoms with Crippen LogP contribution in [0.3, 0.4) is 0 Å². The van der Waals surface area contributed by atoms with Gasteiger partial charge < -0.3 is 14.8 Å². The largest absolute Gasteiger partial charge is 0.479 e. The first-order valence-electron chi connectivity index (χ1n) is 7.02. The number of hydrogen-bond acceptors (Lipinski definition) is 4. The summed E-state index contributed by atoms with van der Waals surface area (Å²) in [6, 6.07) is 11.3. The van der Waals surface area contributed by atoms with E-state index in [1.165, 1.54) is 7.11 Å². The number of benzene rings is 2. The number of rotatable bonds is 5. The van der Waals surface area contributed by atoms with E-state index >= 15 is 0 Å². The van der Waals surface area contributed by atoms with Gasteiger partial charge in [-0.1, -0.05) is 29.3 Å². The van der Waals surface area contributed by atoms with Crippen molar-refractivity contribution in [3.8, 4) is 5.75 Å². The molecule has 0 radical (unpaired) electrons. The zero-order valence-corrected chi connectivity index (χ0v) is 14.5. The van der Waals surface area contributed by atoms with Crippen molar-refractivity contribution in [1.82, 2.24) is 0 Å². The molecule has 0 fully saturated rings. The van der Waals surface area contributed by atoms with E-state index in [1.54, 1.807) is 49.4 Å². The van der Waals surface area contributed by atoms with Gasteiger partial charge in [-0.05, 0) is 43.3 Å². The van der Waals surface area contributed by atoms with Crippen molar-refractivity contribution in [1.29, 1.82) is 0 Å². The van der Waals surface area contributed by atoms with Gasteiger partial charge in [0.15, 0.2) is 6.10 Å². The van der Waals surface area contributed by atoms with E-state index in [2.05, 4.69) is 10.1 Å². The van der Waals surface area contributed by atoms with E-state index in [0.29, 0.717) is 22.0 Å². The summed E-state index contributed by atoms with van der Waals surface area (Å²) in [6.07, 6.45) is -0.791. The minimum Gasteiger partial charge on any atom is -0.479 e. The number of carbonyl (C=O) groups is 2. The highest BCUT2D eigenvalue weighted by Crippen LogP contribution is 2.32. The number of anilines is 1. The minimum absolute atomic E-state index is 0.251. The Morgan fingerprint density at radius 2 is 1.75 bits per heavy atom. The Balaban J connectivity index is 2.01. The summed E-state index contributed by atoms with van der Waals surface area (Å²) in [6.45, 7) is 1.59. The van der Waals surface area contributed by atoms with Crippen molar-refractivity contribution in [2.75, 3.05) is 12.4 Å². The predicted molar refractivity (Wildman–Crippen MR) is 93.0 cm³/mol. The Labute approximate surface area is 149 Å². The first-order valence-corrected chi connectivity index (χ1v) is 7.78. The summed E-state index contributed by atoms with van der Waals surface area (Å²) < 4.78 is 10.1. The molecule has 1 amide bonds. The summed E-state index contributed by atoms with van der Waals surface area (Å²) in [5, 5.41) is 3.29. The van der Waals surface area contributed by atoms with Crippen LogP contribution in [0.2, 0.25) is 10.0 Å². The highest BCUT2D eigenvalue weighted by Gasteiger charge is 2.17. The Morgan fingerprint density at radius 3 is 2.38 bits per heavy atom. The zero-order valence-electron chi connectivity index (χ0n) is 13.0. The Hall–Kier alpha value is -2.24. The number of esters is 1. The Bertz CT molecular complexity index is 747. The van der Waals surface area contributed by atoms with E-state index in [1.807, 2.05) is 0 Å². The lowest BCUT2D eigenvalue weighted by Crippen LogP contribution is -2.30. The van der Waals surface area contributed by atoms with Gasteiger partial charge in [-0.2, -0.15) is 0 Å².